The van der Waals surface area contributed by atoms with Gasteiger partial charge >= 0.3 is 5.97 Å². The van der Waals surface area contributed by atoms with Gasteiger partial charge in [-0.15, -0.1) is 0 Å². The van der Waals surface area contributed by atoms with Crippen LogP contribution < -0.4 is 10.6 Å². The second kappa shape index (κ2) is 19.9. The van der Waals surface area contributed by atoms with Crippen LogP contribution in [0.2, 0.25) is 0 Å². The van der Waals surface area contributed by atoms with Crippen molar-refractivity contribution in [2.45, 2.75) is 132 Å². The molecule has 2 atom stereocenters. The van der Waals surface area contributed by atoms with Gasteiger partial charge in [0.2, 0.25) is 5.91 Å². The SMILES string of the molecule is C=C(CC(C)(C)C)NC(C)(C)C(=O)NC(CCCC1=CCC=CC=C1)C(C)=O.CCOC(=O)C(c1ccc(CC)c(CC)c1)n1cnc(C)c1. The first-order valence-electron chi connectivity index (χ1n) is 18.1. The van der Waals surface area contributed by atoms with Crippen LogP contribution in [0.15, 0.2) is 79.0 Å². The van der Waals surface area contributed by atoms with Crippen molar-refractivity contribution >= 4 is 17.7 Å². The van der Waals surface area contributed by atoms with E-state index in [1.165, 1.54) is 16.7 Å². The van der Waals surface area contributed by atoms with Crippen LogP contribution in [0.5, 0.6) is 0 Å². The number of carbonyl (C=O) groups excluding carboxylic acids is 3. The molecule has 1 aliphatic rings. The Morgan fingerprint density at radius 1 is 1.04 bits per heavy atom. The summed E-state index contributed by atoms with van der Waals surface area (Å²) in [6.07, 6.45) is 20.1. The van der Waals surface area contributed by atoms with Crippen LogP contribution in [0.1, 0.15) is 123 Å². The van der Waals surface area contributed by atoms with Gasteiger partial charge in [0.1, 0.15) is 5.54 Å². The maximum absolute atomic E-state index is 12.8. The van der Waals surface area contributed by atoms with Crippen LogP contribution in [0.3, 0.4) is 0 Å². The zero-order chi connectivity index (χ0) is 37.5. The highest BCUT2D eigenvalue weighted by Crippen LogP contribution is 2.25. The van der Waals surface area contributed by atoms with E-state index < -0.39 is 17.6 Å². The average Bonchev–Trinajstić information content (AvgIpc) is 3.28. The van der Waals surface area contributed by atoms with Crippen molar-refractivity contribution in [3.8, 4) is 0 Å². The van der Waals surface area contributed by atoms with Gasteiger partial charge in [0.05, 0.1) is 24.7 Å². The van der Waals surface area contributed by atoms with E-state index in [1.807, 2.05) is 56.7 Å². The first-order chi connectivity index (χ1) is 23.5. The van der Waals surface area contributed by atoms with E-state index in [1.54, 1.807) is 13.3 Å². The van der Waals surface area contributed by atoms with Crippen LogP contribution in [-0.4, -0.2) is 45.4 Å². The quantitative estimate of drug-likeness (QED) is 0.172. The number of imidazole rings is 1. The standard InChI is InChI=1S/C24H38N2O2.C18H24N2O2/c1-18(17-23(3,4)5)26-24(6,7)22(28)25-21(19(2)27)16-12-15-20-13-10-8-9-11-14-20;1-5-14-8-9-16(10-15(14)6-2)17(18(21)22-7-3)20-11-13(4)19-12-20/h8-10,13-14,21,26H,1,11-12,15-17H2,2-7H3,(H,25,28);8-12,17H,5-7H2,1-4H3. The Morgan fingerprint density at radius 3 is 2.32 bits per heavy atom. The number of hydrogen-bond donors (Lipinski definition) is 2. The van der Waals surface area contributed by atoms with Crippen LogP contribution >= 0.6 is 0 Å². The number of amides is 1. The van der Waals surface area contributed by atoms with Crippen LogP contribution in [0, 0.1) is 12.3 Å². The zero-order valence-corrected chi connectivity index (χ0v) is 32.3. The number of ketones is 1. The molecule has 2 aromatic rings. The highest BCUT2D eigenvalue weighted by atomic mass is 16.5. The first kappa shape index (κ1) is 42.0. The lowest BCUT2D eigenvalue weighted by atomic mass is 9.90. The number of aromatic nitrogens is 2. The lowest BCUT2D eigenvalue weighted by molar-refractivity contribution is -0.145. The highest BCUT2D eigenvalue weighted by molar-refractivity contribution is 5.91. The van der Waals surface area contributed by atoms with Gasteiger partial charge < -0.3 is 19.9 Å². The molecule has 1 aliphatic carbocycles. The average molecular weight is 687 g/mol. The first-order valence-corrected chi connectivity index (χ1v) is 18.1. The predicted molar refractivity (Wildman–Crippen MR) is 205 cm³/mol. The number of Topliss-reactive ketones (excluding diaryl/α,β-unsaturated/α-hetero) is 1. The third-order valence-corrected chi connectivity index (χ3v) is 8.48. The Balaban J connectivity index is 0.000000356. The smallest absolute Gasteiger partial charge is 0.333 e. The van der Waals surface area contributed by atoms with Crippen molar-refractivity contribution in [2.24, 2.45) is 5.41 Å². The molecular weight excluding hydrogens is 624 g/mol. The zero-order valence-electron chi connectivity index (χ0n) is 32.3. The normalized spacial score (nSPS) is 14.0. The minimum Gasteiger partial charge on any atom is -0.464 e. The van der Waals surface area contributed by atoms with Crippen molar-refractivity contribution in [1.82, 2.24) is 20.2 Å². The van der Waals surface area contributed by atoms with E-state index in [0.29, 0.717) is 13.0 Å². The number of nitrogens with one attached hydrogen (secondary N) is 2. The fourth-order valence-corrected chi connectivity index (χ4v) is 5.94. The molecule has 1 amide bonds. The Kier molecular flexibility index (Phi) is 16.7. The van der Waals surface area contributed by atoms with Gasteiger partial charge in [0.25, 0.3) is 0 Å². The summed E-state index contributed by atoms with van der Waals surface area (Å²) < 4.78 is 7.09. The molecule has 3 rings (SSSR count). The van der Waals surface area contributed by atoms with Gasteiger partial charge in [-0.2, -0.15) is 0 Å². The number of hydrogen-bond acceptors (Lipinski definition) is 6. The van der Waals surface area contributed by atoms with Gasteiger partial charge in [0, 0.05) is 11.9 Å². The molecule has 0 bridgehead atoms. The number of carbonyl (C=O) groups is 3. The molecule has 8 nitrogen and oxygen atoms in total. The molecular formula is C42H62N4O4. The molecule has 0 fully saturated rings. The van der Waals surface area contributed by atoms with Crippen molar-refractivity contribution in [3.63, 3.8) is 0 Å². The van der Waals surface area contributed by atoms with Crippen LogP contribution in [0.4, 0.5) is 0 Å². The van der Waals surface area contributed by atoms with Crippen molar-refractivity contribution in [3.05, 3.63) is 101 Å². The van der Waals surface area contributed by atoms with Crippen LogP contribution in [0.25, 0.3) is 0 Å². The van der Waals surface area contributed by atoms with E-state index in [4.69, 9.17) is 4.74 Å². The third-order valence-electron chi connectivity index (χ3n) is 8.48. The summed E-state index contributed by atoms with van der Waals surface area (Å²) in [6.45, 7) is 24.0. The number of nitrogens with zero attached hydrogens (tertiary/aromatic N) is 2. The molecule has 2 unspecified atom stereocenters. The summed E-state index contributed by atoms with van der Waals surface area (Å²) in [4.78, 5) is 41.5. The van der Waals surface area contributed by atoms with Crippen molar-refractivity contribution in [2.75, 3.05) is 6.61 Å². The molecule has 50 heavy (non-hydrogen) atoms. The van der Waals surface area contributed by atoms with Gasteiger partial charge in [-0.3, -0.25) is 9.59 Å². The number of benzene rings is 1. The minimum absolute atomic E-state index is 0.00952. The Morgan fingerprint density at radius 2 is 1.74 bits per heavy atom. The maximum Gasteiger partial charge on any atom is 0.333 e. The number of allylic oxidation sites excluding steroid dienone is 7. The Hall–Kier alpha value is -4.20. The largest absolute Gasteiger partial charge is 0.464 e. The topological polar surface area (TPSA) is 102 Å². The second-order valence-electron chi connectivity index (χ2n) is 14.8. The summed E-state index contributed by atoms with van der Waals surface area (Å²) >= 11 is 0. The number of ether oxygens (including phenoxy) is 1. The van der Waals surface area contributed by atoms with E-state index in [0.717, 1.165) is 55.5 Å². The lowest BCUT2D eigenvalue weighted by Crippen LogP contribution is -2.55. The summed E-state index contributed by atoms with van der Waals surface area (Å²) in [5.41, 5.74) is 5.82. The van der Waals surface area contributed by atoms with Gasteiger partial charge in [-0.1, -0.05) is 95.3 Å². The number of esters is 1. The summed E-state index contributed by atoms with van der Waals surface area (Å²) in [5.74, 6) is -0.434. The Bertz CT molecular complexity index is 1540. The molecule has 1 heterocycles. The van der Waals surface area contributed by atoms with Gasteiger partial charge in [0.15, 0.2) is 11.8 Å². The summed E-state index contributed by atoms with van der Waals surface area (Å²) in [5, 5.41) is 6.16. The fraction of sp³-hybridized carbons (Fsp3) is 0.524. The molecule has 274 valence electrons. The maximum atomic E-state index is 12.8. The molecule has 1 aromatic carbocycles. The minimum atomic E-state index is -0.825. The van der Waals surface area contributed by atoms with E-state index >= 15 is 0 Å². The van der Waals surface area contributed by atoms with Gasteiger partial charge in [-0.25, -0.2) is 9.78 Å². The number of aryl methyl sites for hydroxylation is 3. The second-order valence-corrected chi connectivity index (χ2v) is 14.8. The molecule has 2 N–H and O–H groups in total. The highest BCUT2D eigenvalue weighted by Gasteiger charge is 2.31. The molecule has 0 saturated heterocycles. The van der Waals surface area contributed by atoms with Crippen LogP contribution in [-0.2, 0) is 32.0 Å². The van der Waals surface area contributed by atoms with Gasteiger partial charge in [-0.05, 0) is 102 Å². The molecule has 0 spiro atoms. The third kappa shape index (κ3) is 14.0. The molecule has 0 radical (unpaired) electrons. The molecule has 0 saturated carbocycles. The lowest BCUT2D eigenvalue weighted by Gasteiger charge is -2.31. The van der Waals surface area contributed by atoms with E-state index in [-0.39, 0.29) is 23.1 Å². The van der Waals surface area contributed by atoms with Crippen molar-refractivity contribution < 1.29 is 19.1 Å². The molecule has 8 heteroatoms. The summed E-state index contributed by atoms with van der Waals surface area (Å²) in [6, 6.07) is 5.32. The van der Waals surface area contributed by atoms with Crippen molar-refractivity contribution in [1.29, 1.82) is 0 Å². The molecule has 0 aliphatic heterocycles. The van der Waals surface area contributed by atoms with E-state index in [2.05, 4.69) is 87.2 Å². The monoisotopic (exact) mass is 686 g/mol. The summed E-state index contributed by atoms with van der Waals surface area (Å²) in [7, 11) is 0. The number of rotatable bonds is 16. The Labute approximate surface area is 301 Å². The van der Waals surface area contributed by atoms with E-state index in [9.17, 15) is 14.4 Å². The fourth-order valence-electron chi connectivity index (χ4n) is 5.94. The molecule has 1 aromatic heterocycles. The predicted octanol–water partition coefficient (Wildman–Crippen LogP) is 8.46.